The second-order valence-electron chi connectivity index (χ2n) is 3.37. The van der Waals surface area contributed by atoms with Crippen molar-refractivity contribution in [3.05, 3.63) is 0 Å². The van der Waals surface area contributed by atoms with Crippen molar-refractivity contribution in [3.8, 4) is 0 Å². The van der Waals surface area contributed by atoms with E-state index in [4.69, 9.17) is 4.55 Å². The van der Waals surface area contributed by atoms with Crippen LogP contribution in [0, 0.1) is 5.41 Å². The van der Waals surface area contributed by atoms with Crippen molar-refractivity contribution in [2.75, 3.05) is 5.94 Å². The van der Waals surface area contributed by atoms with Gasteiger partial charge in [-0.05, 0) is 20.3 Å². The van der Waals surface area contributed by atoms with E-state index in [9.17, 15) is 13.2 Å². The Morgan fingerprint density at radius 3 is 2.23 bits per heavy atom. The fraction of sp³-hybridized carbons (Fsp3) is 0.857. The minimum atomic E-state index is -4.23. The van der Waals surface area contributed by atoms with E-state index in [2.05, 4.69) is 4.74 Å². The zero-order valence-corrected chi connectivity index (χ0v) is 8.72. The van der Waals surface area contributed by atoms with Crippen molar-refractivity contribution in [1.82, 2.24) is 0 Å². The summed E-state index contributed by atoms with van der Waals surface area (Å²) >= 11 is 0. The second-order valence-corrected chi connectivity index (χ2v) is 4.77. The zero-order chi connectivity index (χ0) is 10.7. The molecule has 5 nitrogen and oxygen atoms in total. The van der Waals surface area contributed by atoms with E-state index in [-0.39, 0.29) is 0 Å². The molecule has 78 valence electrons. The van der Waals surface area contributed by atoms with Crippen molar-refractivity contribution < 1.29 is 22.5 Å². The third-order valence-corrected chi connectivity index (χ3v) is 2.19. The smallest absolute Gasteiger partial charge is 0.312 e. The molecule has 0 atom stereocenters. The van der Waals surface area contributed by atoms with Crippen LogP contribution in [0.15, 0.2) is 0 Å². The van der Waals surface area contributed by atoms with Crippen LogP contribution >= 0.6 is 0 Å². The fourth-order valence-electron chi connectivity index (χ4n) is 0.468. The van der Waals surface area contributed by atoms with Gasteiger partial charge in [-0.2, -0.15) is 8.42 Å². The van der Waals surface area contributed by atoms with Gasteiger partial charge in [0, 0.05) is 0 Å². The molecule has 0 aliphatic carbocycles. The topological polar surface area (TPSA) is 80.7 Å². The van der Waals surface area contributed by atoms with Gasteiger partial charge in [-0.3, -0.25) is 9.35 Å². The Labute approximate surface area is 77.8 Å². The van der Waals surface area contributed by atoms with Gasteiger partial charge in [0.1, 0.15) is 0 Å². The van der Waals surface area contributed by atoms with E-state index in [0.717, 1.165) is 0 Å². The number of esters is 1. The maximum atomic E-state index is 11.1. The van der Waals surface area contributed by atoms with Gasteiger partial charge in [0.15, 0.2) is 0 Å². The molecular weight excluding hydrogens is 196 g/mol. The number of hydrogen-bond acceptors (Lipinski definition) is 4. The SMILES string of the molecule is CCC(C)(C)C(=O)OCS(=O)(=O)O. The number of ether oxygens (including phenoxy) is 1. The summed E-state index contributed by atoms with van der Waals surface area (Å²) in [5, 5.41) is 0. The Morgan fingerprint density at radius 1 is 1.46 bits per heavy atom. The summed E-state index contributed by atoms with van der Waals surface area (Å²) < 4.78 is 33.1. The quantitative estimate of drug-likeness (QED) is 0.548. The molecule has 0 radical (unpaired) electrons. The monoisotopic (exact) mass is 210 g/mol. The molecule has 0 aromatic rings. The zero-order valence-electron chi connectivity index (χ0n) is 7.90. The molecule has 0 aromatic carbocycles. The highest BCUT2D eigenvalue weighted by atomic mass is 32.2. The lowest BCUT2D eigenvalue weighted by atomic mass is 9.91. The molecule has 0 spiro atoms. The van der Waals surface area contributed by atoms with Crippen LogP contribution in [0.4, 0.5) is 0 Å². The maximum Gasteiger partial charge on any atom is 0.312 e. The molecule has 0 saturated carbocycles. The number of carbonyl (C=O) groups excluding carboxylic acids is 1. The van der Waals surface area contributed by atoms with E-state index in [0.29, 0.717) is 6.42 Å². The Kier molecular flexibility index (Phi) is 3.87. The molecule has 1 N–H and O–H groups in total. The van der Waals surface area contributed by atoms with Gasteiger partial charge in [0.05, 0.1) is 5.41 Å². The second kappa shape index (κ2) is 4.06. The standard InChI is InChI=1S/C7H14O5S/c1-4-7(2,3)6(8)12-5-13(9,10)11/h4-5H2,1-3H3,(H,9,10,11). The molecule has 0 aliphatic heterocycles. The van der Waals surface area contributed by atoms with Crippen LogP contribution in [0.3, 0.4) is 0 Å². The van der Waals surface area contributed by atoms with Crippen LogP contribution < -0.4 is 0 Å². The molecule has 0 unspecified atom stereocenters. The minimum Gasteiger partial charge on any atom is -0.446 e. The first-order chi connectivity index (χ1) is 5.69. The largest absolute Gasteiger partial charge is 0.446 e. The Hall–Kier alpha value is -0.620. The van der Waals surface area contributed by atoms with Crippen molar-refractivity contribution in [2.45, 2.75) is 27.2 Å². The molecule has 0 bridgehead atoms. The van der Waals surface area contributed by atoms with E-state index >= 15 is 0 Å². The van der Waals surface area contributed by atoms with E-state index < -0.39 is 27.4 Å². The van der Waals surface area contributed by atoms with Gasteiger partial charge in [-0.1, -0.05) is 6.92 Å². The fourth-order valence-corrected chi connectivity index (χ4v) is 0.724. The third-order valence-electron chi connectivity index (χ3n) is 1.78. The average molecular weight is 210 g/mol. The van der Waals surface area contributed by atoms with E-state index in [1.54, 1.807) is 20.8 Å². The Balaban J connectivity index is 4.19. The molecule has 13 heavy (non-hydrogen) atoms. The van der Waals surface area contributed by atoms with Crippen LogP contribution in [0.2, 0.25) is 0 Å². The lowest BCUT2D eigenvalue weighted by Crippen LogP contribution is -2.27. The van der Waals surface area contributed by atoms with Gasteiger partial charge >= 0.3 is 16.1 Å². The van der Waals surface area contributed by atoms with Crippen LogP contribution in [0.1, 0.15) is 27.2 Å². The van der Waals surface area contributed by atoms with Crippen molar-refractivity contribution in [2.24, 2.45) is 5.41 Å². The number of carbonyl (C=O) groups is 1. The maximum absolute atomic E-state index is 11.1. The van der Waals surface area contributed by atoms with Crippen LogP contribution in [0.5, 0.6) is 0 Å². The lowest BCUT2D eigenvalue weighted by molar-refractivity contribution is -0.152. The predicted molar refractivity (Wildman–Crippen MR) is 46.6 cm³/mol. The normalized spacial score (nSPS) is 12.6. The summed E-state index contributed by atoms with van der Waals surface area (Å²) in [6.07, 6.45) is 0.539. The first-order valence-corrected chi connectivity index (χ1v) is 5.42. The van der Waals surface area contributed by atoms with Gasteiger partial charge in [-0.15, -0.1) is 0 Å². The molecule has 0 rings (SSSR count). The van der Waals surface area contributed by atoms with Crippen LogP contribution in [-0.2, 0) is 19.6 Å². The van der Waals surface area contributed by atoms with E-state index in [1.807, 2.05) is 0 Å². The third kappa shape index (κ3) is 4.84. The van der Waals surface area contributed by atoms with Crippen molar-refractivity contribution in [1.29, 1.82) is 0 Å². The van der Waals surface area contributed by atoms with Gasteiger partial charge < -0.3 is 4.74 Å². The summed E-state index contributed by atoms with van der Waals surface area (Å²) in [5.41, 5.74) is -0.718. The molecule has 0 fully saturated rings. The Bertz CT molecular complexity index is 277. The van der Waals surface area contributed by atoms with Gasteiger partial charge in [0.2, 0.25) is 5.94 Å². The number of hydrogen-bond donors (Lipinski definition) is 1. The lowest BCUT2D eigenvalue weighted by Gasteiger charge is -2.19. The molecule has 0 aliphatic rings. The predicted octanol–water partition coefficient (Wildman–Crippen LogP) is 0.811. The highest BCUT2D eigenvalue weighted by Gasteiger charge is 2.28. The molecular formula is C7H14O5S. The molecule has 0 aromatic heterocycles. The van der Waals surface area contributed by atoms with Crippen molar-refractivity contribution >= 4 is 16.1 Å². The summed E-state index contributed by atoms with van der Waals surface area (Å²) in [7, 11) is -4.23. The summed E-state index contributed by atoms with van der Waals surface area (Å²) in [4.78, 5) is 11.1. The minimum absolute atomic E-state index is 0.539. The Morgan fingerprint density at radius 2 is 1.92 bits per heavy atom. The first-order valence-electron chi connectivity index (χ1n) is 3.81. The molecule has 6 heteroatoms. The first kappa shape index (κ1) is 12.4. The summed E-state index contributed by atoms with van der Waals surface area (Å²) in [5.74, 6) is -1.61. The molecule has 0 amide bonds. The number of rotatable bonds is 4. The molecule has 0 saturated heterocycles. The van der Waals surface area contributed by atoms with Gasteiger partial charge in [0.25, 0.3) is 0 Å². The molecule has 0 heterocycles. The van der Waals surface area contributed by atoms with Crippen molar-refractivity contribution in [3.63, 3.8) is 0 Å². The highest BCUT2D eigenvalue weighted by molar-refractivity contribution is 7.85. The van der Waals surface area contributed by atoms with Gasteiger partial charge in [-0.25, -0.2) is 0 Å². The average Bonchev–Trinajstić information content (AvgIpc) is 1.98. The van der Waals surface area contributed by atoms with E-state index in [1.165, 1.54) is 0 Å². The van der Waals surface area contributed by atoms with Crippen LogP contribution in [0.25, 0.3) is 0 Å². The summed E-state index contributed by atoms with van der Waals surface area (Å²) in [6.45, 7) is 5.06. The summed E-state index contributed by atoms with van der Waals surface area (Å²) in [6, 6.07) is 0. The highest BCUT2D eigenvalue weighted by Crippen LogP contribution is 2.21. The van der Waals surface area contributed by atoms with Crippen LogP contribution in [-0.4, -0.2) is 24.9 Å².